The monoisotopic (exact) mass is 219 g/mol. The fourth-order valence-electron chi connectivity index (χ4n) is 2.26. The molecule has 0 spiro atoms. The van der Waals surface area contributed by atoms with Gasteiger partial charge in [-0.2, -0.15) is 0 Å². The zero-order chi connectivity index (χ0) is 11.5. The van der Waals surface area contributed by atoms with Gasteiger partial charge in [-0.05, 0) is 50.0 Å². The molecule has 1 aromatic rings. The predicted octanol–water partition coefficient (Wildman–Crippen LogP) is 2.29. The summed E-state index contributed by atoms with van der Waals surface area (Å²) in [7, 11) is 0. The molecular formula is C13H17NO2. The molecule has 0 bridgehead atoms. The Labute approximate surface area is 95.7 Å². The highest BCUT2D eigenvalue weighted by Crippen LogP contribution is 2.16. The maximum Gasteiger partial charge on any atom is 0.335 e. The molecule has 0 atom stereocenters. The van der Waals surface area contributed by atoms with Crippen molar-refractivity contribution in [2.24, 2.45) is 0 Å². The first-order valence-electron chi connectivity index (χ1n) is 5.72. The molecule has 1 aliphatic rings. The molecule has 1 saturated heterocycles. The number of hydrogen-bond donors (Lipinski definition) is 1. The number of carboxylic acid groups (broad SMARTS) is 1. The van der Waals surface area contributed by atoms with Crippen molar-refractivity contribution in [3.05, 3.63) is 34.9 Å². The van der Waals surface area contributed by atoms with Crippen molar-refractivity contribution in [1.82, 2.24) is 4.90 Å². The first-order chi connectivity index (χ1) is 7.66. The van der Waals surface area contributed by atoms with Crippen LogP contribution < -0.4 is 0 Å². The van der Waals surface area contributed by atoms with Crippen molar-refractivity contribution < 1.29 is 9.90 Å². The molecule has 1 N–H and O–H groups in total. The quantitative estimate of drug-likeness (QED) is 0.848. The average Bonchev–Trinajstić information content (AvgIpc) is 2.70. The summed E-state index contributed by atoms with van der Waals surface area (Å²) >= 11 is 0. The molecule has 0 aliphatic carbocycles. The van der Waals surface area contributed by atoms with Gasteiger partial charge in [0.05, 0.1) is 5.56 Å². The highest BCUT2D eigenvalue weighted by atomic mass is 16.4. The molecule has 0 saturated carbocycles. The van der Waals surface area contributed by atoms with Crippen LogP contribution in [0.4, 0.5) is 0 Å². The third-order valence-corrected chi connectivity index (χ3v) is 3.13. The van der Waals surface area contributed by atoms with Gasteiger partial charge in [-0.3, -0.25) is 4.90 Å². The first-order valence-corrected chi connectivity index (χ1v) is 5.72. The summed E-state index contributed by atoms with van der Waals surface area (Å²) in [6.45, 7) is 5.14. The fraction of sp³-hybridized carbons (Fsp3) is 0.462. The van der Waals surface area contributed by atoms with Gasteiger partial charge in [0.15, 0.2) is 0 Å². The van der Waals surface area contributed by atoms with E-state index in [1.54, 1.807) is 6.07 Å². The molecule has 0 unspecified atom stereocenters. The second kappa shape index (κ2) is 4.66. The van der Waals surface area contributed by atoms with Gasteiger partial charge in [-0.25, -0.2) is 4.79 Å². The summed E-state index contributed by atoms with van der Waals surface area (Å²) in [5.74, 6) is -0.842. The Kier molecular flexibility index (Phi) is 3.25. The van der Waals surface area contributed by atoms with Crippen LogP contribution in [0.1, 0.15) is 34.3 Å². The van der Waals surface area contributed by atoms with Crippen LogP contribution in [0.15, 0.2) is 18.2 Å². The van der Waals surface area contributed by atoms with E-state index in [2.05, 4.69) is 4.90 Å². The van der Waals surface area contributed by atoms with Crippen molar-refractivity contribution in [3.8, 4) is 0 Å². The van der Waals surface area contributed by atoms with Gasteiger partial charge in [0.25, 0.3) is 0 Å². The lowest BCUT2D eigenvalue weighted by molar-refractivity contribution is 0.0696. The number of benzene rings is 1. The number of aromatic carboxylic acids is 1. The zero-order valence-corrected chi connectivity index (χ0v) is 9.57. The summed E-state index contributed by atoms with van der Waals surface area (Å²) < 4.78 is 0. The highest BCUT2D eigenvalue weighted by molar-refractivity contribution is 5.89. The highest BCUT2D eigenvalue weighted by Gasteiger charge is 2.13. The molecule has 2 rings (SSSR count). The number of likely N-dealkylation sites (tertiary alicyclic amines) is 1. The normalized spacial score (nSPS) is 16.6. The van der Waals surface area contributed by atoms with Crippen LogP contribution in [0.3, 0.4) is 0 Å². The summed E-state index contributed by atoms with van der Waals surface area (Å²) in [4.78, 5) is 13.3. The van der Waals surface area contributed by atoms with Crippen molar-refractivity contribution in [2.45, 2.75) is 26.3 Å². The molecule has 1 fully saturated rings. The maximum atomic E-state index is 10.9. The van der Waals surface area contributed by atoms with Crippen molar-refractivity contribution in [1.29, 1.82) is 0 Å². The predicted molar refractivity (Wildman–Crippen MR) is 62.6 cm³/mol. The Morgan fingerprint density at radius 2 is 2.06 bits per heavy atom. The van der Waals surface area contributed by atoms with E-state index in [1.165, 1.54) is 31.5 Å². The van der Waals surface area contributed by atoms with Crippen molar-refractivity contribution in [2.75, 3.05) is 13.1 Å². The molecule has 1 aliphatic heterocycles. The van der Waals surface area contributed by atoms with Crippen LogP contribution in [0.5, 0.6) is 0 Å². The van der Waals surface area contributed by atoms with Gasteiger partial charge < -0.3 is 5.11 Å². The number of hydrogen-bond acceptors (Lipinski definition) is 2. The van der Waals surface area contributed by atoms with E-state index in [9.17, 15) is 4.79 Å². The Bertz CT molecular complexity index is 395. The van der Waals surface area contributed by atoms with Crippen molar-refractivity contribution in [3.63, 3.8) is 0 Å². The lowest BCUT2D eigenvalue weighted by atomic mass is 10.1. The number of aryl methyl sites for hydroxylation is 1. The molecular weight excluding hydrogens is 202 g/mol. The minimum Gasteiger partial charge on any atom is -0.478 e. The lowest BCUT2D eigenvalue weighted by Crippen LogP contribution is -2.18. The minimum absolute atomic E-state index is 0.408. The Morgan fingerprint density at radius 3 is 2.62 bits per heavy atom. The summed E-state index contributed by atoms with van der Waals surface area (Å²) in [5.41, 5.74) is 2.47. The Morgan fingerprint density at radius 1 is 1.38 bits per heavy atom. The fourth-order valence-corrected chi connectivity index (χ4v) is 2.26. The molecule has 16 heavy (non-hydrogen) atoms. The van der Waals surface area contributed by atoms with E-state index in [0.29, 0.717) is 5.56 Å². The second-order valence-corrected chi connectivity index (χ2v) is 4.44. The van der Waals surface area contributed by atoms with E-state index >= 15 is 0 Å². The van der Waals surface area contributed by atoms with E-state index < -0.39 is 5.97 Å². The molecule has 3 nitrogen and oxygen atoms in total. The molecule has 1 aromatic carbocycles. The first kappa shape index (κ1) is 11.1. The van der Waals surface area contributed by atoms with Gasteiger partial charge in [0.2, 0.25) is 0 Å². The molecule has 0 aromatic heterocycles. The summed E-state index contributed by atoms with van der Waals surface area (Å²) in [6.07, 6.45) is 2.57. The molecule has 86 valence electrons. The van der Waals surface area contributed by atoms with E-state index in [-0.39, 0.29) is 0 Å². The molecule has 1 heterocycles. The molecule has 3 heteroatoms. The van der Waals surface area contributed by atoms with Crippen molar-refractivity contribution >= 4 is 5.97 Å². The van der Waals surface area contributed by atoms with Crippen LogP contribution in [0.25, 0.3) is 0 Å². The van der Waals surface area contributed by atoms with Gasteiger partial charge in [-0.1, -0.05) is 12.1 Å². The standard InChI is InChI=1S/C13H17NO2/c1-10-8-11(4-5-12(10)13(15)16)9-14-6-2-3-7-14/h4-5,8H,2-3,6-7,9H2,1H3,(H,15,16). The minimum atomic E-state index is -0.842. The Balaban J connectivity index is 2.11. The molecule has 0 amide bonds. The van der Waals surface area contributed by atoms with Crippen LogP contribution in [-0.2, 0) is 6.54 Å². The average molecular weight is 219 g/mol. The van der Waals surface area contributed by atoms with Crippen LogP contribution in [0, 0.1) is 6.92 Å². The second-order valence-electron chi connectivity index (χ2n) is 4.44. The smallest absolute Gasteiger partial charge is 0.335 e. The largest absolute Gasteiger partial charge is 0.478 e. The summed E-state index contributed by atoms with van der Waals surface area (Å²) in [6, 6.07) is 5.62. The summed E-state index contributed by atoms with van der Waals surface area (Å²) in [5, 5.41) is 8.93. The van der Waals surface area contributed by atoms with Gasteiger partial charge in [-0.15, -0.1) is 0 Å². The van der Waals surface area contributed by atoms with Crippen LogP contribution in [0.2, 0.25) is 0 Å². The van der Waals surface area contributed by atoms with Crippen LogP contribution >= 0.6 is 0 Å². The van der Waals surface area contributed by atoms with Gasteiger partial charge in [0, 0.05) is 6.54 Å². The maximum absolute atomic E-state index is 10.9. The topological polar surface area (TPSA) is 40.5 Å². The molecule has 0 radical (unpaired) electrons. The number of nitrogens with zero attached hydrogens (tertiary/aromatic N) is 1. The Hall–Kier alpha value is -1.35. The SMILES string of the molecule is Cc1cc(CN2CCCC2)ccc1C(=O)O. The third kappa shape index (κ3) is 2.42. The van der Waals surface area contributed by atoms with E-state index in [0.717, 1.165) is 12.1 Å². The zero-order valence-electron chi connectivity index (χ0n) is 9.57. The van der Waals surface area contributed by atoms with E-state index in [4.69, 9.17) is 5.11 Å². The lowest BCUT2D eigenvalue weighted by Gasteiger charge is -2.15. The number of carboxylic acids is 1. The number of rotatable bonds is 3. The number of carbonyl (C=O) groups is 1. The van der Waals surface area contributed by atoms with E-state index in [1.807, 2.05) is 19.1 Å². The van der Waals surface area contributed by atoms with Gasteiger partial charge in [0.1, 0.15) is 0 Å². The van der Waals surface area contributed by atoms with Gasteiger partial charge >= 0.3 is 5.97 Å². The third-order valence-electron chi connectivity index (χ3n) is 3.13. The van der Waals surface area contributed by atoms with Crippen LogP contribution in [-0.4, -0.2) is 29.1 Å².